The van der Waals surface area contributed by atoms with Crippen LogP contribution in [-0.2, 0) is 28.5 Å². The maximum Gasteiger partial charge on any atom is 0.323 e. The average Bonchev–Trinajstić information content (AvgIpc) is 2.89. The van der Waals surface area contributed by atoms with Crippen molar-refractivity contribution in [3.05, 3.63) is 0 Å². The van der Waals surface area contributed by atoms with Gasteiger partial charge in [-0.25, -0.2) is 0 Å². The summed E-state index contributed by atoms with van der Waals surface area (Å²) < 4.78 is 24.0. The predicted octanol–water partition coefficient (Wildman–Crippen LogP) is 4.00. The number of ether oxygens (including phenoxy) is 4. The number of esters is 2. The SMILES string of the molecule is CCOC(=O)C1(C(=O)OCC)C[C@H](C)[C@@]2(C1)O[C@H]1CCCC[C@@]1(C)C(C)(C)O2. The molecule has 28 heavy (non-hydrogen) atoms. The fourth-order valence-corrected chi connectivity index (χ4v) is 5.57. The Morgan fingerprint density at radius 1 is 1.04 bits per heavy atom. The Balaban J connectivity index is 1.98. The van der Waals surface area contributed by atoms with E-state index in [4.69, 9.17) is 18.9 Å². The zero-order valence-corrected chi connectivity index (χ0v) is 18.3. The van der Waals surface area contributed by atoms with E-state index < -0.39 is 28.7 Å². The van der Waals surface area contributed by atoms with Crippen LogP contribution in [0.25, 0.3) is 0 Å². The summed E-state index contributed by atoms with van der Waals surface area (Å²) in [4.78, 5) is 25.9. The molecule has 160 valence electrons. The van der Waals surface area contributed by atoms with Gasteiger partial charge in [-0.2, -0.15) is 0 Å². The van der Waals surface area contributed by atoms with Gasteiger partial charge in [0.25, 0.3) is 0 Å². The maximum atomic E-state index is 12.9. The standard InChI is InChI=1S/C22H36O6/c1-7-25-17(23)21(18(24)26-8-2)13-15(3)22(14-21)27-16-11-9-10-12-20(16,6)19(4,5)28-22/h15-16H,7-14H2,1-6H3/t15-,16-,20+,22-/m0/s1. The van der Waals surface area contributed by atoms with Crippen LogP contribution in [0.1, 0.15) is 80.1 Å². The lowest BCUT2D eigenvalue weighted by molar-refractivity contribution is -0.403. The fraction of sp³-hybridized carbons (Fsp3) is 0.909. The van der Waals surface area contributed by atoms with E-state index in [0.29, 0.717) is 6.42 Å². The number of fused-ring (bicyclic) bond motifs is 1. The molecule has 0 amide bonds. The third kappa shape index (κ3) is 3.07. The smallest absolute Gasteiger partial charge is 0.323 e. The van der Waals surface area contributed by atoms with Gasteiger partial charge in [0.1, 0.15) is 0 Å². The van der Waals surface area contributed by atoms with E-state index in [2.05, 4.69) is 20.8 Å². The molecular weight excluding hydrogens is 360 g/mol. The molecule has 3 fully saturated rings. The topological polar surface area (TPSA) is 71.1 Å². The third-order valence-corrected chi connectivity index (χ3v) is 7.55. The van der Waals surface area contributed by atoms with Crippen molar-refractivity contribution < 1.29 is 28.5 Å². The Bertz CT molecular complexity index is 611. The van der Waals surface area contributed by atoms with E-state index in [1.54, 1.807) is 13.8 Å². The second-order valence-electron chi connectivity index (χ2n) is 9.50. The van der Waals surface area contributed by atoms with Crippen LogP contribution in [0.4, 0.5) is 0 Å². The largest absolute Gasteiger partial charge is 0.465 e. The van der Waals surface area contributed by atoms with Gasteiger partial charge in [-0.1, -0.05) is 26.7 Å². The van der Waals surface area contributed by atoms with E-state index in [0.717, 1.165) is 19.3 Å². The first-order valence-electron chi connectivity index (χ1n) is 10.8. The summed E-state index contributed by atoms with van der Waals surface area (Å²) in [5.74, 6) is -2.17. The van der Waals surface area contributed by atoms with Crippen molar-refractivity contribution in [2.75, 3.05) is 13.2 Å². The minimum Gasteiger partial charge on any atom is -0.465 e. The highest BCUT2D eigenvalue weighted by Crippen LogP contribution is 2.61. The van der Waals surface area contributed by atoms with Crippen molar-refractivity contribution in [1.29, 1.82) is 0 Å². The minimum absolute atomic E-state index is 0.0487. The quantitative estimate of drug-likeness (QED) is 0.528. The van der Waals surface area contributed by atoms with Crippen molar-refractivity contribution in [2.45, 2.75) is 97.6 Å². The Morgan fingerprint density at radius 3 is 2.21 bits per heavy atom. The summed E-state index contributed by atoms with van der Waals surface area (Å²) >= 11 is 0. The van der Waals surface area contributed by atoms with Gasteiger partial charge in [0.05, 0.1) is 24.9 Å². The lowest BCUT2D eigenvalue weighted by atomic mass is 9.62. The van der Waals surface area contributed by atoms with Gasteiger partial charge in [0.15, 0.2) is 11.2 Å². The number of rotatable bonds is 4. The summed E-state index contributed by atoms with van der Waals surface area (Å²) in [5, 5.41) is 0. The lowest BCUT2D eigenvalue weighted by Crippen LogP contribution is -2.65. The van der Waals surface area contributed by atoms with Gasteiger partial charge < -0.3 is 18.9 Å². The lowest BCUT2D eigenvalue weighted by Gasteiger charge is -2.60. The zero-order valence-electron chi connectivity index (χ0n) is 18.3. The van der Waals surface area contributed by atoms with Crippen LogP contribution < -0.4 is 0 Å². The van der Waals surface area contributed by atoms with Gasteiger partial charge in [0, 0.05) is 17.8 Å². The monoisotopic (exact) mass is 396 g/mol. The molecule has 0 N–H and O–H groups in total. The van der Waals surface area contributed by atoms with Crippen molar-refractivity contribution in [2.24, 2.45) is 16.7 Å². The Labute approximate surface area is 168 Å². The first-order chi connectivity index (χ1) is 13.1. The summed E-state index contributed by atoms with van der Waals surface area (Å²) in [6.45, 7) is 12.4. The second kappa shape index (κ2) is 7.28. The van der Waals surface area contributed by atoms with Crippen LogP contribution in [0.2, 0.25) is 0 Å². The number of carbonyl (C=O) groups excluding carboxylic acids is 2. The van der Waals surface area contributed by atoms with E-state index in [9.17, 15) is 9.59 Å². The molecule has 2 saturated carbocycles. The van der Waals surface area contributed by atoms with Gasteiger partial charge in [-0.05, 0) is 47.0 Å². The molecule has 1 spiro atoms. The maximum absolute atomic E-state index is 12.9. The van der Waals surface area contributed by atoms with Crippen molar-refractivity contribution >= 4 is 11.9 Å². The van der Waals surface area contributed by atoms with Gasteiger partial charge in [-0.3, -0.25) is 9.59 Å². The van der Waals surface area contributed by atoms with Crippen LogP contribution in [-0.4, -0.2) is 42.6 Å². The minimum atomic E-state index is -1.37. The first kappa shape index (κ1) is 21.6. The Morgan fingerprint density at radius 2 is 1.64 bits per heavy atom. The molecule has 3 aliphatic rings. The third-order valence-electron chi connectivity index (χ3n) is 7.55. The molecule has 1 heterocycles. The van der Waals surface area contributed by atoms with Crippen molar-refractivity contribution in [3.63, 3.8) is 0 Å². The van der Waals surface area contributed by atoms with Crippen LogP contribution >= 0.6 is 0 Å². The van der Waals surface area contributed by atoms with Gasteiger partial charge >= 0.3 is 11.9 Å². The van der Waals surface area contributed by atoms with Crippen LogP contribution in [0.15, 0.2) is 0 Å². The normalized spacial score (nSPS) is 38.6. The summed E-state index contributed by atoms with van der Waals surface area (Å²) in [6.07, 6.45) is 4.83. The van der Waals surface area contributed by atoms with Gasteiger partial charge in [-0.15, -0.1) is 0 Å². The highest BCUT2D eigenvalue weighted by molar-refractivity contribution is 6.00. The highest BCUT2D eigenvalue weighted by Gasteiger charge is 2.69. The fourth-order valence-electron chi connectivity index (χ4n) is 5.57. The molecule has 6 nitrogen and oxygen atoms in total. The van der Waals surface area contributed by atoms with E-state index >= 15 is 0 Å². The van der Waals surface area contributed by atoms with Gasteiger partial charge in [0.2, 0.25) is 0 Å². The molecule has 0 aromatic carbocycles. The molecular formula is C22H36O6. The van der Waals surface area contributed by atoms with E-state index in [-0.39, 0.29) is 37.1 Å². The Hall–Kier alpha value is -1.14. The Kier molecular flexibility index (Phi) is 5.61. The van der Waals surface area contributed by atoms with Crippen molar-refractivity contribution in [3.8, 4) is 0 Å². The zero-order chi connectivity index (χ0) is 20.8. The summed E-state index contributed by atoms with van der Waals surface area (Å²) in [5.41, 5.74) is -1.89. The van der Waals surface area contributed by atoms with Crippen LogP contribution in [0.3, 0.4) is 0 Å². The molecule has 0 unspecified atom stereocenters. The van der Waals surface area contributed by atoms with E-state index in [1.807, 2.05) is 6.92 Å². The molecule has 0 radical (unpaired) electrons. The van der Waals surface area contributed by atoms with E-state index in [1.165, 1.54) is 6.42 Å². The summed E-state index contributed by atoms with van der Waals surface area (Å²) in [6, 6.07) is 0. The molecule has 0 aromatic heterocycles. The molecule has 6 heteroatoms. The number of hydrogen-bond acceptors (Lipinski definition) is 6. The molecule has 1 aliphatic heterocycles. The predicted molar refractivity (Wildman–Crippen MR) is 103 cm³/mol. The molecule has 0 aromatic rings. The average molecular weight is 397 g/mol. The molecule has 1 saturated heterocycles. The molecule has 3 rings (SSSR count). The summed E-state index contributed by atoms with van der Waals surface area (Å²) in [7, 11) is 0. The molecule has 2 aliphatic carbocycles. The number of hydrogen-bond donors (Lipinski definition) is 0. The van der Waals surface area contributed by atoms with Crippen molar-refractivity contribution in [1.82, 2.24) is 0 Å². The number of carbonyl (C=O) groups is 2. The molecule has 0 bridgehead atoms. The first-order valence-corrected chi connectivity index (χ1v) is 10.8. The highest BCUT2D eigenvalue weighted by atomic mass is 16.7. The molecule has 4 atom stereocenters. The van der Waals surface area contributed by atoms with Crippen LogP contribution in [0.5, 0.6) is 0 Å². The van der Waals surface area contributed by atoms with Crippen LogP contribution in [0, 0.1) is 16.7 Å². The second-order valence-corrected chi connectivity index (χ2v) is 9.50.